The fourth-order valence-corrected chi connectivity index (χ4v) is 3.23. The summed E-state index contributed by atoms with van der Waals surface area (Å²) in [6.45, 7) is 1.15. The number of urea groups is 1. The van der Waals surface area contributed by atoms with Gasteiger partial charge in [-0.05, 0) is 48.9 Å². The second-order valence-electron chi connectivity index (χ2n) is 6.97. The highest BCUT2D eigenvalue weighted by molar-refractivity contribution is 6.30. The number of alkyl halides is 3. The summed E-state index contributed by atoms with van der Waals surface area (Å²) in [5, 5.41) is 3.35. The first kappa shape index (κ1) is 22.7. The van der Waals surface area contributed by atoms with Crippen molar-refractivity contribution >= 4 is 29.2 Å². The van der Waals surface area contributed by atoms with Crippen molar-refractivity contribution in [1.29, 1.82) is 0 Å². The number of hydrogen-bond donors (Lipinski definition) is 1. The van der Waals surface area contributed by atoms with Gasteiger partial charge in [-0.25, -0.2) is 4.79 Å². The molecule has 2 aromatic carbocycles. The number of rotatable bonds is 4. The van der Waals surface area contributed by atoms with Crippen molar-refractivity contribution in [3.8, 4) is 5.75 Å². The standard InChI is InChI=1S/C21H21ClF3N3O3/c22-16-5-7-17(8-6-16)26-20(30)28-10-2-9-27(11-12-28)19(29)14-31-18-4-1-3-15(13-18)21(23,24)25/h1,3-8,13H,2,9-12,14H2,(H,26,30). The van der Waals surface area contributed by atoms with Gasteiger partial charge in [-0.15, -0.1) is 0 Å². The third-order valence-corrected chi connectivity index (χ3v) is 5.01. The molecule has 166 valence electrons. The molecule has 0 aromatic heterocycles. The van der Waals surface area contributed by atoms with Gasteiger partial charge < -0.3 is 19.9 Å². The van der Waals surface area contributed by atoms with E-state index in [1.807, 2.05) is 0 Å². The maximum Gasteiger partial charge on any atom is 0.416 e. The first-order valence-corrected chi connectivity index (χ1v) is 9.99. The van der Waals surface area contributed by atoms with E-state index in [2.05, 4.69) is 5.32 Å². The maximum absolute atomic E-state index is 12.8. The number of halogens is 4. The van der Waals surface area contributed by atoms with E-state index < -0.39 is 11.7 Å². The van der Waals surface area contributed by atoms with Crippen molar-refractivity contribution in [2.75, 3.05) is 38.1 Å². The van der Waals surface area contributed by atoms with Gasteiger partial charge in [0.15, 0.2) is 6.61 Å². The molecular formula is C21H21ClF3N3O3. The van der Waals surface area contributed by atoms with Crippen LogP contribution < -0.4 is 10.1 Å². The average molecular weight is 456 g/mol. The van der Waals surface area contributed by atoms with Crippen LogP contribution in [0.3, 0.4) is 0 Å². The van der Waals surface area contributed by atoms with Gasteiger partial charge in [0.1, 0.15) is 5.75 Å². The van der Waals surface area contributed by atoms with E-state index >= 15 is 0 Å². The lowest BCUT2D eigenvalue weighted by molar-refractivity contribution is -0.137. The summed E-state index contributed by atoms with van der Waals surface area (Å²) < 4.78 is 43.6. The smallest absolute Gasteiger partial charge is 0.416 e. The molecule has 1 aliphatic heterocycles. The summed E-state index contributed by atoms with van der Waals surface area (Å²) in [5.74, 6) is -0.376. The first-order valence-electron chi connectivity index (χ1n) is 9.62. The minimum atomic E-state index is -4.48. The van der Waals surface area contributed by atoms with Crippen LogP contribution in [0.5, 0.6) is 5.75 Å². The molecule has 0 bridgehead atoms. The van der Waals surface area contributed by atoms with E-state index in [0.29, 0.717) is 43.3 Å². The molecule has 1 aliphatic rings. The molecule has 1 fully saturated rings. The zero-order valence-corrected chi connectivity index (χ0v) is 17.2. The fraction of sp³-hybridized carbons (Fsp3) is 0.333. The molecule has 3 rings (SSSR count). The molecule has 0 saturated carbocycles. The highest BCUT2D eigenvalue weighted by Crippen LogP contribution is 2.31. The molecule has 0 spiro atoms. The van der Waals surface area contributed by atoms with Crippen LogP contribution >= 0.6 is 11.6 Å². The molecule has 0 unspecified atom stereocenters. The molecule has 0 atom stereocenters. The molecule has 10 heteroatoms. The number of ether oxygens (including phenoxy) is 1. The summed E-state index contributed by atoms with van der Waals surface area (Å²) in [4.78, 5) is 28.1. The lowest BCUT2D eigenvalue weighted by atomic mass is 10.2. The molecule has 1 heterocycles. The van der Waals surface area contributed by atoms with E-state index in [4.69, 9.17) is 16.3 Å². The number of carbonyl (C=O) groups excluding carboxylic acids is 2. The van der Waals surface area contributed by atoms with Crippen LogP contribution in [0, 0.1) is 0 Å². The third-order valence-electron chi connectivity index (χ3n) is 4.75. The topological polar surface area (TPSA) is 61.9 Å². The van der Waals surface area contributed by atoms with Crippen LogP contribution in [0.2, 0.25) is 5.02 Å². The number of carbonyl (C=O) groups is 2. The molecule has 0 radical (unpaired) electrons. The summed E-state index contributed by atoms with van der Waals surface area (Å²) in [6, 6.07) is 10.8. The minimum Gasteiger partial charge on any atom is -0.484 e. The summed E-state index contributed by atoms with van der Waals surface area (Å²) >= 11 is 5.84. The molecule has 1 saturated heterocycles. The highest BCUT2D eigenvalue weighted by Gasteiger charge is 2.30. The van der Waals surface area contributed by atoms with Gasteiger partial charge in [0.25, 0.3) is 5.91 Å². The van der Waals surface area contributed by atoms with Crippen LogP contribution in [-0.4, -0.2) is 54.5 Å². The van der Waals surface area contributed by atoms with Gasteiger partial charge in [-0.3, -0.25) is 4.79 Å². The van der Waals surface area contributed by atoms with E-state index in [1.54, 1.807) is 34.1 Å². The Hall–Kier alpha value is -2.94. The Morgan fingerprint density at radius 1 is 1.00 bits per heavy atom. The number of amides is 3. The van der Waals surface area contributed by atoms with Crippen molar-refractivity contribution in [2.24, 2.45) is 0 Å². The number of benzene rings is 2. The molecule has 2 aromatic rings. The lowest BCUT2D eigenvalue weighted by Crippen LogP contribution is -2.40. The Morgan fingerprint density at radius 2 is 1.68 bits per heavy atom. The first-order chi connectivity index (χ1) is 14.7. The molecular weight excluding hydrogens is 435 g/mol. The van der Waals surface area contributed by atoms with Gasteiger partial charge in [-0.1, -0.05) is 17.7 Å². The summed E-state index contributed by atoms with van der Waals surface area (Å²) in [6.07, 6.45) is -3.91. The van der Waals surface area contributed by atoms with E-state index in [0.717, 1.165) is 12.1 Å². The maximum atomic E-state index is 12.8. The minimum absolute atomic E-state index is 0.0260. The van der Waals surface area contributed by atoms with Crippen molar-refractivity contribution < 1.29 is 27.5 Å². The Morgan fingerprint density at radius 3 is 2.39 bits per heavy atom. The second kappa shape index (κ2) is 9.91. The Bertz CT molecular complexity index is 922. The second-order valence-corrected chi connectivity index (χ2v) is 7.41. The van der Waals surface area contributed by atoms with Crippen molar-refractivity contribution in [1.82, 2.24) is 9.80 Å². The van der Waals surface area contributed by atoms with Crippen LogP contribution in [-0.2, 0) is 11.0 Å². The SMILES string of the molecule is O=C(COc1cccc(C(F)(F)F)c1)N1CCCN(C(=O)Nc2ccc(Cl)cc2)CC1. The van der Waals surface area contributed by atoms with Crippen molar-refractivity contribution in [3.05, 3.63) is 59.1 Å². The Balaban J connectivity index is 1.50. The van der Waals surface area contributed by atoms with Crippen molar-refractivity contribution in [3.63, 3.8) is 0 Å². The van der Waals surface area contributed by atoms with E-state index in [-0.39, 0.29) is 24.3 Å². The van der Waals surface area contributed by atoms with Gasteiger partial charge in [0.2, 0.25) is 0 Å². The van der Waals surface area contributed by atoms with Crippen molar-refractivity contribution in [2.45, 2.75) is 12.6 Å². The van der Waals surface area contributed by atoms with Crippen LogP contribution in [0.1, 0.15) is 12.0 Å². The normalized spacial score (nSPS) is 14.7. The molecule has 0 aliphatic carbocycles. The summed E-state index contributed by atoms with van der Waals surface area (Å²) in [7, 11) is 0. The molecule has 3 amide bonds. The third kappa shape index (κ3) is 6.52. The summed E-state index contributed by atoms with van der Waals surface area (Å²) in [5.41, 5.74) is -0.226. The predicted octanol–water partition coefficient (Wildman–Crippen LogP) is 4.50. The van der Waals surface area contributed by atoms with E-state index in [1.165, 1.54) is 12.1 Å². The highest BCUT2D eigenvalue weighted by atomic mass is 35.5. The van der Waals surface area contributed by atoms with Gasteiger partial charge in [0.05, 0.1) is 5.56 Å². The zero-order valence-electron chi connectivity index (χ0n) is 16.5. The fourth-order valence-electron chi connectivity index (χ4n) is 3.10. The molecule has 6 nitrogen and oxygen atoms in total. The van der Waals surface area contributed by atoms with Gasteiger partial charge in [-0.2, -0.15) is 13.2 Å². The van der Waals surface area contributed by atoms with Crippen LogP contribution in [0.15, 0.2) is 48.5 Å². The lowest BCUT2D eigenvalue weighted by Gasteiger charge is -2.22. The number of hydrogen-bond acceptors (Lipinski definition) is 3. The van der Waals surface area contributed by atoms with Crippen LogP contribution in [0.25, 0.3) is 0 Å². The number of anilines is 1. The zero-order chi connectivity index (χ0) is 22.4. The van der Waals surface area contributed by atoms with E-state index in [9.17, 15) is 22.8 Å². The van der Waals surface area contributed by atoms with Crippen LogP contribution in [0.4, 0.5) is 23.7 Å². The number of nitrogens with zero attached hydrogens (tertiary/aromatic N) is 2. The monoisotopic (exact) mass is 455 g/mol. The molecule has 1 N–H and O–H groups in total. The molecule has 31 heavy (non-hydrogen) atoms. The Labute approximate surface area is 182 Å². The van der Waals surface area contributed by atoms with Gasteiger partial charge in [0, 0.05) is 36.9 Å². The predicted molar refractivity (Wildman–Crippen MR) is 110 cm³/mol. The number of nitrogens with one attached hydrogen (secondary N) is 1. The Kier molecular flexibility index (Phi) is 7.27. The largest absolute Gasteiger partial charge is 0.484 e. The average Bonchev–Trinajstić information content (AvgIpc) is 3.00. The van der Waals surface area contributed by atoms with Gasteiger partial charge >= 0.3 is 12.2 Å². The quantitative estimate of drug-likeness (QED) is 0.738.